The van der Waals surface area contributed by atoms with Crippen LogP contribution in [0.4, 0.5) is 0 Å². The zero-order valence-corrected chi connectivity index (χ0v) is 8.78. The first-order chi connectivity index (χ1) is 6.40. The minimum Gasteiger partial charge on any atom is -0.480 e. The highest BCUT2D eigenvalue weighted by molar-refractivity contribution is 5.86. The van der Waals surface area contributed by atoms with E-state index in [2.05, 4.69) is 5.32 Å². The summed E-state index contributed by atoms with van der Waals surface area (Å²) < 4.78 is 0. The molecule has 5 heteroatoms. The van der Waals surface area contributed by atoms with Gasteiger partial charge < -0.3 is 16.2 Å². The summed E-state index contributed by atoms with van der Waals surface area (Å²) in [6, 6.07) is -1.53. The molecule has 0 rings (SSSR count). The first-order valence-corrected chi connectivity index (χ1v) is 4.68. The highest BCUT2D eigenvalue weighted by atomic mass is 16.4. The van der Waals surface area contributed by atoms with Gasteiger partial charge in [0.2, 0.25) is 5.91 Å². The molecule has 0 aromatic rings. The van der Waals surface area contributed by atoms with Crippen molar-refractivity contribution in [3.05, 3.63) is 0 Å². The smallest absolute Gasteiger partial charge is 0.326 e. The van der Waals surface area contributed by atoms with E-state index in [9.17, 15) is 9.59 Å². The minimum atomic E-state index is -1.02. The van der Waals surface area contributed by atoms with Crippen molar-refractivity contribution in [2.24, 2.45) is 11.7 Å². The Morgan fingerprint density at radius 1 is 1.43 bits per heavy atom. The van der Waals surface area contributed by atoms with Crippen LogP contribution in [0.25, 0.3) is 0 Å². The molecule has 0 bridgehead atoms. The fourth-order valence-corrected chi connectivity index (χ4v) is 0.968. The summed E-state index contributed by atoms with van der Waals surface area (Å²) >= 11 is 0. The lowest BCUT2D eigenvalue weighted by Crippen LogP contribution is -2.50. The van der Waals surface area contributed by atoms with Gasteiger partial charge in [-0.1, -0.05) is 20.3 Å². The molecule has 0 aliphatic heterocycles. The highest BCUT2D eigenvalue weighted by Crippen LogP contribution is 2.07. The highest BCUT2D eigenvalue weighted by Gasteiger charge is 2.25. The van der Waals surface area contributed by atoms with Gasteiger partial charge in [-0.15, -0.1) is 0 Å². The number of hydrogen-bond donors (Lipinski definition) is 3. The Bertz CT molecular complexity index is 216. The largest absolute Gasteiger partial charge is 0.480 e. The number of carbonyl (C=O) groups is 2. The second-order valence-electron chi connectivity index (χ2n) is 3.50. The number of carbonyl (C=O) groups excluding carboxylic acids is 1. The first kappa shape index (κ1) is 12.9. The maximum absolute atomic E-state index is 11.2. The quantitative estimate of drug-likeness (QED) is 0.582. The lowest BCUT2D eigenvalue weighted by atomic mass is 9.99. The average Bonchev–Trinajstić information content (AvgIpc) is 2.11. The van der Waals surface area contributed by atoms with Crippen molar-refractivity contribution >= 4 is 11.9 Å². The van der Waals surface area contributed by atoms with Crippen molar-refractivity contribution in [1.29, 1.82) is 0 Å². The SMILES string of the molecule is CC[C@H](C)[C@H](NC(=O)[C@@H](C)N)C(=O)O. The van der Waals surface area contributed by atoms with Crippen LogP contribution in [0.2, 0.25) is 0 Å². The molecule has 0 radical (unpaired) electrons. The molecule has 0 spiro atoms. The minimum absolute atomic E-state index is 0.102. The van der Waals surface area contributed by atoms with E-state index < -0.39 is 24.0 Å². The van der Waals surface area contributed by atoms with E-state index in [4.69, 9.17) is 10.8 Å². The number of carboxylic acids is 1. The van der Waals surface area contributed by atoms with Crippen LogP contribution in [-0.2, 0) is 9.59 Å². The van der Waals surface area contributed by atoms with Crippen molar-refractivity contribution in [2.45, 2.75) is 39.3 Å². The van der Waals surface area contributed by atoms with E-state index in [0.717, 1.165) is 0 Å². The molecule has 0 aliphatic rings. The molecule has 0 fully saturated rings. The lowest BCUT2D eigenvalue weighted by Gasteiger charge is -2.20. The van der Waals surface area contributed by atoms with E-state index in [0.29, 0.717) is 6.42 Å². The molecule has 5 nitrogen and oxygen atoms in total. The molecule has 14 heavy (non-hydrogen) atoms. The van der Waals surface area contributed by atoms with Crippen LogP contribution in [0, 0.1) is 5.92 Å². The van der Waals surface area contributed by atoms with Crippen LogP contribution in [0.3, 0.4) is 0 Å². The summed E-state index contributed by atoms with van der Waals surface area (Å²) in [4.78, 5) is 22.0. The first-order valence-electron chi connectivity index (χ1n) is 4.68. The van der Waals surface area contributed by atoms with Gasteiger partial charge in [0, 0.05) is 0 Å². The van der Waals surface area contributed by atoms with Gasteiger partial charge in [-0.2, -0.15) is 0 Å². The number of carboxylic acid groups (broad SMARTS) is 1. The van der Waals surface area contributed by atoms with Crippen LogP contribution in [0.1, 0.15) is 27.2 Å². The summed E-state index contributed by atoms with van der Waals surface area (Å²) in [5.74, 6) is -1.55. The predicted octanol–water partition coefficient (Wildman–Crippen LogP) is -0.0509. The Morgan fingerprint density at radius 2 is 1.93 bits per heavy atom. The molecule has 0 aromatic carbocycles. The summed E-state index contributed by atoms with van der Waals surface area (Å²) in [5, 5.41) is 11.3. The van der Waals surface area contributed by atoms with E-state index in [1.807, 2.05) is 6.92 Å². The topological polar surface area (TPSA) is 92.4 Å². The molecule has 0 aromatic heterocycles. The van der Waals surface area contributed by atoms with Gasteiger partial charge in [0.1, 0.15) is 6.04 Å². The van der Waals surface area contributed by atoms with Gasteiger partial charge in [0.15, 0.2) is 0 Å². The maximum Gasteiger partial charge on any atom is 0.326 e. The monoisotopic (exact) mass is 202 g/mol. The van der Waals surface area contributed by atoms with Crippen LogP contribution in [0.5, 0.6) is 0 Å². The molecule has 82 valence electrons. The van der Waals surface area contributed by atoms with Crippen molar-refractivity contribution < 1.29 is 14.7 Å². The van der Waals surface area contributed by atoms with E-state index in [-0.39, 0.29) is 5.92 Å². The van der Waals surface area contributed by atoms with E-state index in [1.165, 1.54) is 6.92 Å². The maximum atomic E-state index is 11.2. The third-order valence-corrected chi connectivity index (χ3v) is 2.19. The number of nitrogens with one attached hydrogen (secondary N) is 1. The number of amides is 1. The fourth-order valence-electron chi connectivity index (χ4n) is 0.968. The van der Waals surface area contributed by atoms with Gasteiger partial charge in [-0.3, -0.25) is 4.79 Å². The lowest BCUT2D eigenvalue weighted by molar-refractivity contribution is -0.143. The Hall–Kier alpha value is -1.10. The molecule has 0 unspecified atom stereocenters. The summed E-state index contributed by atoms with van der Waals surface area (Å²) in [7, 11) is 0. The van der Waals surface area contributed by atoms with Gasteiger partial charge in [-0.05, 0) is 12.8 Å². The van der Waals surface area contributed by atoms with Crippen LogP contribution in [0.15, 0.2) is 0 Å². The second-order valence-corrected chi connectivity index (χ2v) is 3.50. The number of aliphatic carboxylic acids is 1. The summed E-state index contributed by atoms with van der Waals surface area (Å²) in [6.07, 6.45) is 0.691. The van der Waals surface area contributed by atoms with E-state index >= 15 is 0 Å². The van der Waals surface area contributed by atoms with Crippen LogP contribution >= 0.6 is 0 Å². The zero-order valence-electron chi connectivity index (χ0n) is 8.78. The normalized spacial score (nSPS) is 16.9. The van der Waals surface area contributed by atoms with Crippen LogP contribution < -0.4 is 11.1 Å². The zero-order chi connectivity index (χ0) is 11.3. The number of hydrogen-bond acceptors (Lipinski definition) is 3. The van der Waals surface area contributed by atoms with E-state index in [1.54, 1.807) is 6.92 Å². The van der Waals surface area contributed by atoms with Gasteiger partial charge in [0.05, 0.1) is 6.04 Å². The van der Waals surface area contributed by atoms with Gasteiger partial charge in [-0.25, -0.2) is 4.79 Å². The predicted molar refractivity (Wildman–Crippen MR) is 52.7 cm³/mol. The van der Waals surface area contributed by atoms with Crippen molar-refractivity contribution in [3.8, 4) is 0 Å². The number of nitrogens with two attached hydrogens (primary N) is 1. The van der Waals surface area contributed by atoms with Crippen molar-refractivity contribution in [1.82, 2.24) is 5.32 Å². The third kappa shape index (κ3) is 3.74. The molecular formula is C9H18N2O3. The molecule has 1 amide bonds. The molecule has 0 saturated carbocycles. The Balaban J connectivity index is 4.38. The van der Waals surface area contributed by atoms with Gasteiger partial charge in [0.25, 0.3) is 0 Å². The third-order valence-electron chi connectivity index (χ3n) is 2.19. The molecule has 3 atom stereocenters. The van der Waals surface area contributed by atoms with Crippen molar-refractivity contribution in [3.63, 3.8) is 0 Å². The molecule has 0 saturated heterocycles. The average molecular weight is 202 g/mol. The van der Waals surface area contributed by atoms with Crippen molar-refractivity contribution in [2.75, 3.05) is 0 Å². The molecular weight excluding hydrogens is 184 g/mol. The number of rotatable bonds is 5. The van der Waals surface area contributed by atoms with Crippen LogP contribution in [-0.4, -0.2) is 29.1 Å². The second kappa shape index (κ2) is 5.59. The molecule has 0 aliphatic carbocycles. The Kier molecular flexibility index (Phi) is 5.15. The fraction of sp³-hybridized carbons (Fsp3) is 0.778. The molecule has 4 N–H and O–H groups in total. The summed E-state index contributed by atoms with van der Waals surface area (Å²) in [6.45, 7) is 5.17. The van der Waals surface area contributed by atoms with Gasteiger partial charge >= 0.3 is 5.97 Å². The molecule has 0 heterocycles. The summed E-state index contributed by atoms with van der Waals surface area (Å²) in [5.41, 5.74) is 5.32. The Labute approximate surface area is 83.7 Å². The standard InChI is InChI=1S/C9H18N2O3/c1-4-5(2)7(9(13)14)11-8(12)6(3)10/h5-7H,4,10H2,1-3H3,(H,11,12)(H,13,14)/t5-,6+,7-/m0/s1. The Morgan fingerprint density at radius 3 is 2.21 bits per heavy atom.